The van der Waals surface area contributed by atoms with Gasteiger partial charge in [0.1, 0.15) is 0 Å². The van der Waals surface area contributed by atoms with Crippen molar-refractivity contribution in [3.63, 3.8) is 0 Å². The molecule has 3 heterocycles. The van der Waals surface area contributed by atoms with Crippen LogP contribution >= 0.6 is 11.3 Å². The highest BCUT2D eigenvalue weighted by molar-refractivity contribution is 7.18. The molecule has 0 unspecified atom stereocenters. The van der Waals surface area contributed by atoms with E-state index in [-0.39, 0.29) is 23.6 Å². The van der Waals surface area contributed by atoms with Crippen molar-refractivity contribution in [1.82, 2.24) is 10.2 Å². The molecule has 4 rings (SSSR count). The molecule has 26 heavy (non-hydrogen) atoms. The molecule has 2 N–H and O–H groups in total. The quantitative estimate of drug-likeness (QED) is 0.844. The number of anilines is 1. The second-order valence-electron chi connectivity index (χ2n) is 7.07. The van der Waals surface area contributed by atoms with Gasteiger partial charge >= 0.3 is 0 Å². The predicted molar refractivity (Wildman–Crippen MR) is 101 cm³/mol. The number of hydrogen-bond donors (Lipinski definition) is 2. The number of piperidine rings is 1. The van der Waals surface area contributed by atoms with E-state index in [1.54, 1.807) is 12.1 Å². The van der Waals surface area contributed by atoms with Crippen molar-refractivity contribution < 1.29 is 14.0 Å². The van der Waals surface area contributed by atoms with E-state index in [9.17, 15) is 9.59 Å². The fraction of sp³-hybridized carbons (Fsp3) is 0.474. The lowest BCUT2D eigenvalue weighted by Gasteiger charge is -2.32. The Hall–Kier alpha value is -2.12. The third kappa shape index (κ3) is 3.83. The maximum absolute atomic E-state index is 12.6. The summed E-state index contributed by atoms with van der Waals surface area (Å²) in [7, 11) is 0. The highest BCUT2D eigenvalue weighted by atomic mass is 32.1. The molecule has 0 aromatic carbocycles. The minimum atomic E-state index is -0.310. The van der Waals surface area contributed by atoms with Gasteiger partial charge in [-0.05, 0) is 56.4 Å². The molecule has 1 aliphatic heterocycles. The Morgan fingerprint density at radius 3 is 2.62 bits per heavy atom. The molecule has 1 aliphatic carbocycles. The molecule has 0 spiro atoms. The molecule has 0 radical (unpaired) electrons. The van der Waals surface area contributed by atoms with Gasteiger partial charge in [0.25, 0.3) is 11.8 Å². The maximum atomic E-state index is 12.6. The van der Waals surface area contributed by atoms with Crippen molar-refractivity contribution in [2.24, 2.45) is 0 Å². The third-order valence-electron chi connectivity index (χ3n) is 5.03. The SMILES string of the molecule is Cc1cc(NC(=O)c2ccco2)sc1C(=O)NC1CCN(C2CC2)CC1. The second kappa shape index (κ2) is 7.25. The lowest BCUT2D eigenvalue weighted by Crippen LogP contribution is -2.45. The molecule has 2 aromatic heterocycles. The summed E-state index contributed by atoms with van der Waals surface area (Å²) >= 11 is 1.30. The summed E-state index contributed by atoms with van der Waals surface area (Å²) in [5.74, 6) is -0.101. The average molecular weight is 373 g/mol. The number of nitrogens with one attached hydrogen (secondary N) is 2. The molecule has 138 valence electrons. The number of rotatable bonds is 5. The van der Waals surface area contributed by atoms with Crippen LogP contribution in [0, 0.1) is 6.92 Å². The van der Waals surface area contributed by atoms with Crippen LogP contribution < -0.4 is 10.6 Å². The molecular formula is C19H23N3O3S. The molecule has 2 fully saturated rings. The Morgan fingerprint density at radius 1 is 1.19 bits per heavy atom. The zero-order valence-corrected chi connectivity index (χ0v) is 15.6. The highest BCUT2D eigenvalue weighted by Gasteiger charge is 2.32. The van der Waals surface area contributed by atoms with Crippen molar-refractivity contribution in [1.29, 1.82) is 0 Å². The molecule has 1 saturated heterocycles. The molecule has 1 saturated carbocycles. The number of hydrogen-bond acceptors (Lipinski definition) is 5. The lowest BCUT2D eigenvalue weighted by atomic mass is 10.0. The molecule has 7 heteroatoms. The molecule has 0 atom stereocenters. The van der Waals surface area contributed by atoms with E-state index in [2.05, 4.69) is 15.5 Å². The summed E-state index contributed by atoms with van der Waals surface area (Å²) in [4.78, 5) is 27.9. The molecule has 0 bridgehead atoms. The minimum absolute atomic E-state index is 0.0455. The number of nitrogens with zero attached hydrogens (tertiary/aromatic N) is 1. The van der Waals surface area contributed by atoms with Crippen LogP contribution in [0.5, 0.6) is 0 Å². The van der Waals surface area contributed by atoms with Crippen molar-refractivity contribution in [3.8, 4) is 0 Å². The topological polar surface area (TPSA) is 74.6 Å². The summed E-state index contributed by atoms with van der Waals surface area (Å²) in [5.41, 5.74) is 0.873. The largest absolute Gasteiger partial charge is 0.459 e. The first-order chi connectivity index (χ1) is 12.6. The summed E-state index contributed by atoms with van der Waals surface area (Å²) in [6.07, 6.45) is 6.14. The maximum Gasteiger partial charge on any atom is 0.291 e. The highest BCUT2D eigenvalue weighted by Crippen LogP contribution is 2.30. The summed E-state index contributed by atoms with van der Waals surface area (Å²) in [6, 6.07) is 6.14. The van der Waals surface area contributed by atoms with Gasteiger partial charge in [0.2, 0.25) is 0 Å². The Morgan fingerprint density at radius 2 is 1.96 bits per heavy atom. The smallest absolute Gasteiger partial charge is 0.291 e. The number of aryl methyl sites for hydroxylation is 1. The number of likely N-dealkylation sites (tertiary alicyclic amines) is 1. The zero-order chi connectivity index (χ0) is 18.1. The van der Waals surface area contributed by atoms with Crippen molar-refractivity contribution in [2.75, 3.05) is 18.4 Å². The number of furan rings is 1. The van der Waals surface area contributed by atoms with E-state index in [4.69, 9.17) is 4.42 Å². The fourth-order valence-electron chi connectivity index (χ4n) is 3.45. The first-order valence-electron chi connectivity index (χ1n) is 9.10. The van der Waals surface area contributed by atoms with Gasteiger partial charge in [-0.15, -0.1) is 11.3 Å². The van der Waals surface area contributed by atoms with Crippen LogP contribution in [0.1, 0.15) is 51.5 Å². The number of carbonyl (C=O) groups excluding carboxylic acids is 2. The van der Waals surface area contributed by atoms with Gasteiger partial charge in [-0.2, -0.15) is 0 Å². The van der Waals surface area contributed by atoms with E-state index in [1.165, 1.54) is 30.4 Å². The summed E-state index contributed by atoms with van der Waals surface area (Å²) < 4.78 is 5.09. The van der Waals surface area contributed by atoms with Gasteiger partial charge in [0.15, 0.2) is 5.76 Å². The van der Waals surface area contributed by atoms with Crippen LogP contribution in [0.15, 0.2) is 28.9 Å². The number of thiophene rings is 1. The van der Waals surface area contributed by atoms with E-state index >= 15 is 0 Å². The van der Waals surface area contributed by atoms with Crippen LogP contribution in [0.2, 0.25) is 0 Å². The van der Waals surface area contributed by atoms with Gasteiger partial charge in [0, 0.05) is 25.2 Å². The average Bonchev–Trinajstić information content (AvgIpc) is 3.19. The van der Waals surface area contributed by atoms with Gasteiger partial charge in [-0.1, -0.05) is 0 Å². The van der Waals surface area contributed by atoms with E-state index in [0.29, 0.717) is 9.88 Å². The first-order valence-corrected chi connectivity index (χ1v) is 9.92. The normalized spacial score (nSPS) is 18.7. The van der Waals surface area contributed by atoms with E-state index < -0.39 is 0 Å². The minimum Gasteiger partial charge on any atom is -0.459 e. The number of carbonyl (C=O) groups is 2. The Balaban J connectivity index is 1.34. The number of amides is 2. The molecule has 6 nitrogen and oxygen atoms in total. The summed E-state index contributed by atoms with van der Waals surface area (Å²) in [5, 5.41) is 6.60. The van der Waals surface area contributed by atoms with Crippen LogP contribution in [0.25, 0.3) is 0 Å². The van der Waals surface area contributed by atoms with E-state index in [1.807, 2.05) is 13.0 Å². The van der Waals surface area contributed by atoms with Gasteiger partial charge in [-0.25, -0.2) is 0 Å². The summed E-state index contributed by atoms with van der Waals surface area (Å²) in [6.45, 7) is 4.04. The molecule has 2 amide bonds. The second-order valence-corrected chi connectivity index (χ2v) is 8.12. The third-order valence-corrected chi connectivity index (χ3v) is 6.19. The van der Waals surface area contributed by atoms with Crippen molar-refractivity contribution >= 4 is 28.2 Å². The van der Waals surface area contributed by atoms with Crippen LogP contribution in [0.4, 0.5) is 5.00 Å². The van der Waals surface area contributed by atoms with Crippen LogP contribution in [-0.4, -0.2) is 41.9 Å². The van der Waals surface area contributed by atoms with E-state index in [0.717, 1.165) is 37.5 Å². The Labute approximate surface area is 156 Å². The molecule has 2 aliphatic rings. The Kier molecular flexibility index (Phi) is 4.82. The van der Waals surface area contributed by atoms with Crippen LogP contribution in [0.3, 0.4) is 0 Å². The zero-order valence-electron chi connectivity index (χ0n) is 14.8. The standard InChI is InChI=1S/C19H23N3O3S/c1-12-11-16(21-18(23)15-3-2-10-25-15)26-17(12)19(24)20-13-6-8-22(9-7-13)14-4-5-14/h2-3,10-11,13-14H,4-9H2,1H3,(H,20,24)(H,21,23). The van der Waals surface area contributed by atoms with Crippen molar-refractivity contribution in [3.05, 3.63) is 40.7 Å². The molecule has 2 aromatic rings. The monoisotopic (exact) mass is 373 g/mol. The van der Waals surface area contributed by atoms with Gasteiger partial charge < -0.3 is 20.0 Å². The lowest BCUT2D eigenvalue weighted by molar-refractivity contribution is 0.0912. The molecular weight excluding hydrogens is 350 g/mol. The first kappa shape index (κ1) is 17.3. The predicted octanol–water partition coefficient (Wildman–Crippen LogP) is 3.26. The van der Waals surface area contributed by atoms with Crippen molar-refractivity contribution in [2.45, 2.75) is 44.7 Å². The van der Waals surface area contributed by atoms with Gasteiger partial charge in [-0.3, -0.25) is 9.59 Å². The Bertz CT molecular complexity index is 787. The van der Waals surface area contributed by atoms with Crippen LogP contribution in [-0.2, 0) is 0 Å². The fourth-order valence-corrected chi connectivity index (χ4v) is 4.42. The van der Waals surface area contributed by atoms with Gasteiger partial charge in [0.05, 0.1) is 16.1 Å².